The van der Waals surface area contributed by atoms with Crippen LogP contribution >= 0.6 is 0 Å². The van der Waals surface area contributed by atoms with Crippen molar-refractivity contribution in [1.29, 1.82) is 0 Å². The van der Waals surface area contributed by atoms with Gasteiger partial charge in [-0.1, -0.05) is 6.07 Å². The molecule has 0 radical (unpaired) electrons. The van der Waals surface area contributed by atoms with Crippen molar-refractivity contribution >= 4 is 17.6 Å². The minimum atomic E-state index is -1.19. The van der Waals surface area contributed by atoms with Crippen LogP contribution in [0.4, 0.5) is 5.69 Å². The zero-order chi connectivity index (χ0) is 14.8. The minimum absolute atomic E-state index is 0.112. The van der Waals surface area contributed by atoms with Gasteiger partial charge in [0.05, 0.1) is 7.11 Å². The highest BCUT2D eigenvalue weighted by Gasteiger charge is 2.42. The summed E-state index contributed by atoms with van der Waals surface area (Å²) in [6.07, 6.45) is 0. The van der Waals surface area contributed by atoms with Crippen LogP contribution in [0.15, 0.2) is 24.3 Å². The van der Waals surface area contributed by atoms with Crippen molar-refractivity contribution in [2.45, 2.75) is 19.6 Å². The Kier molecular flexibility index (Phi) is 3.83. The largest absolute Gasteiger partial charge is 0.497 e. The Bertz CT molecular complexity index is 506. The van der Waals surface area contributed by atoms with E-state index >= 15 is 0 Å². The van der Waals surface area contributed by atoms with Gasteiger partial charge in [0.2, 0.25) is 0 Å². The van der Waals surface area contributed by atoms with E-state index in [0.717, 1.165) is 5.69 Å². The Morgan fingerprint density at radius 3 is 2.50 bits per heavy atom. The average Bonchev–Trinajstić information content (AvgIpc) is 2.36. The quantitative estimate of drug-likeness (QED) is 0.666. The van der Waals surface area contributed by atoms with Gasteiger partial charge in [0.25, 0.3) is 5.79 Å². The molecule has 2 rings (SSSR count). The van der Waals surface area contributed by atoms with Crippen LogP contribution in [-0.2, 0) is 19.1 Å². The fraction of sp³-hybridized carbons (Fsp3) is 0.429. The van der Waals surface area contributed by atoms with Crippen LogP contribution in [0.25, 0.3) is 0 Å². The van der Waals surface area contributed by atoms with E-state index < -0.39 is 23.6 Å². The fourth-order valence-electron chi connectivity index (χ4n) is 1.86. The number of nitrogens with one attached hydrogen (secondary N) is 1. The second-order valence-corrected chi connectivity index (χ2v) is 4.91. The van der Waals surface area contributed by atoms with E-state index in [4.69, 9.17) is 14.2 Å². The zero-order valence-corrected chi connectivity index (χ0v) is 11.6. The maximum Gasteiger partial charge on any atom is 0.325 e. The summed E-state index contributed by atoms with van der Waals surface area (Å²) in [5, 5.41) is 3.00. The number of rotatable bonds is 4. The molecule has 0 spiro atoms. The first-order valence-corrected chi connectivity index (χ1v) is 6.25. The van der Waals surface area contributed by atoms with Gasteiger partial charge < -0.3 is 19.5 Å². The Morgan fingerprint density at radius 1 is 1.25 bits per heavy atom. The molecular weight excluding hydrogens is 262 g/mol. The Hall–Kier alpha value is -2.24. The molecule has 0 atom stereocenters. The number of cyclic esters (lactones) is 2. The highest BCUT2D eigenvalue weighted by Crippen LogP contribution is 2.24. The summed E-state index contributed by atoms with van der Waals surface area (Å²) in [4.78, 5) is 23.6. The monoisotopic (exact) mass is 279 g/mol. The smallest absolute Gasteiger partial charge is 0.325 e. The number of methoxy groups -OCH3 is 1. The lowest BCUT2D eigenvalue weighted by Gasteiger charge is -2.32. The summed E-state index contributed by atoms with van der Waals surface area (Å²) in [6, 6.07) is 7.19. The summed E-state index contributed by atoms with van der Waals surface area (Å²) in [5.41, 5.74) is 0.745. The van der Waals surface area contributed by atoms with E-state index in [9.17, 15) is 9.59 Å². The topological polar surface area (TPSA) is 73.9 Å². The summed E-state index contributed by atoms with van der Waals surface area (Å²) in [7, 11) is 1.57. The molecule has 1 saturated heterocycles. The van der Waals surface area contributed by atoms with Gasteiger partial charge in [-0.15, -0.1) is 0 Å². The number of anilines is 1. The molecule has 1 aromatic rings. The number of hydrogen-bond donors (Lipinski definition) is 1. The Labute approximate surface area is 117 Å². The van der Waals surface area contributed by atoms with Gasteiger partial charge >= 0.3 is 11.9 Å². The van der Waals surface area contributed by atoms with Crippen LogP contribution in [0.1, 0.15) is 13.8 Å². The Balaban J connectivity index is 2.00. The van der Waals surface area contributed by atoms with Crippen LogP contribution in [0.2, 0.25) is 0 Å². The van der Waals surface area contributed by atoms with Crippen molar-refractivity contribution < 1.29 is 23.8 Å². The lowest BCUT2D eigenvalue weighted by Crippen LogP contribution is -2.48. The summed E-state index contributed by atoms with van der Waals surface area (Å²) >= 11 is 0. The second-order valence-electron chi connectivity index (χ2n) is 4.91. The standard InChI is InChI=1S/C14H17NO5/c1-14(2)19-12(16)11(13(17)20-14)8-15-9-5-4-6-10(7-9)18-3/h4-7,11,15H,8H2,1-3H3. The van der Waals surface area contributed by atoms with E-state index in [1.54, 1.807) is 19.2 Å². The average molecular weight is 279 g/mol. The van der Waals surface area contributed by atoms with Gasteiger partial charge in [-0.25, -0.2) is 0 Å². The normalized spacial score (nSPS) is 18.1. The SMILES string of the molecule is COc1cccc(NCC2C(=O)OC(C)(C)OC2=O)c1. The van der Waals surface area contributed by atoms with E-state index in [1.165, 1.54) is 13.8 Å². The van der Waals surface area contributed by atoms with Crippen LogP contribution in [0, 0.1) is 5.92 Å². The van der Waals surface area contributed by atoms with Crippen LogP contribution in [-0.4, -0.2) is 31.4 Å². The molecule has 1 aliphatic rings. The molecule has 1 aromatic carbocycles. The number of benzene rings is 1. The molecule has 1 N–H and O–H groups in total. The number of carbonyl (C=O) groups is 2. The van der Waals surface area contributed by atoms with Gasteiger partial charge in [0, 0.05) is 32.1 Å². The lowest BCUT2D eigenvalue weighted by molar-refractivity contribution is -0.239. The molecule has 0 amide bonds. The van der Waals surface area contributed by atoms with Crippen molar-refractivity contribution in [3.8, 4) is 5.75 Å². The van der Waals surface area contributed by atoms with E-state index in [1.807, 2.05) is 12.1 Å². The first kappa shape index (κ1) is 14.2. The maximum absolute atomic E-state index is 11.8. The van der Waals surface area contributed by atoms with E-state index in [2.05, 4.69) is 5.32 Å². The molecule has 1 heterocycles. The maximum atomic E-state index is 11.8. The lowest BCUT2D eigenvalue weighted by atomic mass is 10.1. The molecule has 0 aliphatic carbocycles. The van der Waals surface area contributed by atoms with Crippen molar-refractivity contribution in [2.75, 3.05) is 19.0 Å². The van der Waals surface area contributed by atoms with E-state index in [-0.39, 0.29) is 6.54 Å². The van der Waals surface area contributed by atoms with Crippen molar-refractivity contribution in [2.24, 2.45) is 5.92 Å². The van der Waals surface area contributed by atoms with Gasteiger partial charge in [0.15, 0.2) is 5.92 Å². The predicted octanol–water partition coefficient (Wildman–Crippen LogP) is 1.56. The third kappa shape index (κ3) is 3.20. The molecule has 6 nitrogen and oxygen atoms in total. The van der Waals surface area contributed by atoms with Crippen LogP contribution in [0.5, 0.6) is 5.75 Å². The van der Waals surface area contributed by atoms with Crippen LogP contribution in [0.3, 0.4) is 0 Å². The molecule has 108 valence electrons. The molecule has 6 heteroatoms. The molecule has 0 saturated carbocycles. The molecular formula is C14H17NO5. The van der Waals surface area contributed by atoms with Crippen molar-refractivity contribution in [3.05, 3.63) is 24.3 Å². The van der Waals surface area contributed by atoms with Crippen molar-refractivity contribution in [3.63, 3.8) is 0 Å². The molecule has 0 bridgehead atoms. The third-order valence-electron chi connectivity index (χ3n) is 2.84. The molecule has 0 unspecified atom stereocenters. The van der Waals surface area contributed by atoms with Gasteiger partial charge in [-0.2, -0.15) is 0 Å². The molecule has 0 aromatic heterocycles. The van der Waals surface area contributed by atoms with Crippen molar-refractivity contribution in [1.82, 2.24) is 0 Å². The first-order chi connectivity index (χ1) is 9.41. The third-order valence-corrected chi connectivity index (χ3v) is 2.84. The predicted molar refractivity (Wildman–Crippen MR) is 71.2 cm³/mol. The van der Waals surface area contributed by atoms with Gasteiger partial charge in [0.1, 0.15) is 5.75 Å². The van der Waals surface area contributed by atoms with Gasteiger partial charge in [-0.05, 0) is 12.1 Å². The summed E-state index contributed by atoms with van der Waals surface area (Å²) in [5.74, 6) is -2.64. The first-order valence-electron chi connectivity index (χ1n) is 6.25. The number of hydrogen-bond acceptors (Lipinski definition) is 6. The molecule has 1 aliphatic heterocycles. The van der Waals surface area contributed by atoms with E-state index in [0.29, 0.717) is 5.75 Å². The van der Waals surface area contributed by atoms with Crippen LogP contribution < -0.4 is 10.1 Å². The molecule has 1 fully saturated rings. The minimum Gasteiger partial charge on any atom is -0.497 e. The number of carbonyl (C=O) groups excluding carboxylic acids is 2. The number of esters is 2. The zero-order valence-electron chi connectivity index (χ0n) is 11.6. The number of ether oxygens (including phenoxy) is 3. The highest BCUT2D eigenvalue weighted by atomic mass is 16.7. The highest BCUT2D eigenvalue weighted by molar-refractivity contribution is 5.97. The second kappa shape index (κ2) is 5.40. The molecule has 20 heavy (non-hydrogen) atoms. The summed E-state index contributed by atoms with van der Waals surface area (Å²) < 4.78 is 15.2. The fourth-order valence-corrected chi connectivity index (χ4v) is 1.86. The summed E-state index contributed by atoms with van der Waals surface area (Å²) in [6.45, 7) is 3.16. The van der Waals surface area contributed by atoms with Gasteiger partial charge in [-0.3, -0.25) is 9.59 Å². The Morgan fingerprint density at radius 2 is 1.90 bits per heavy atom.